The molecule has 0 bridgehead atoms. The van der Waals surface area contributed by atoms with Crippen molar-refractivity contribution in [2.45, 2.75) is 12.5 Å². The van der Waals surface area contributed by atoms with Crippen LogP contribution in [-0.2, 0) is 11.2 Å². The molecule has 1 unspecified atom stereocenters. The molecule has 120 valence electrons. The van der Waals surface area contributed by atoms with Crippen molar-refractivity contribution in [3.8, 4) is 11.5 Å². The van der Waals surface area contributed by atoms with E-state index in [1.807, 2.05) is 12.1 Å². The van der Waals surface area contributed by atoms with Crippen molar-refractivity contribution >= 4 is 5.69 Å². The Labute approximate surface area is 133 Å². The molecule has 0 radical (unpaired) electrons. The second-order valence-electron chi connectivity index (χ2n) is 5.26. The summed E-state index contributed by atoms with van der Waals surface area (Å²) in [5.41, 5.74) is 3.08. The fraction of sp³-hybridized carbons (Fsp3) is 0.294. The van der Waals surface area contributed by atoms with E-state index in [0.717, 1.165) is 23.1 Å². The molecule has 0 aromatic heterocycles. The molecule has 0 N–H and O–H groups in total. The minimum absolute atomic E-state index is 0.0668. The molecule has 6 heteroatoms. The SMILES string of the molecule is COc1cc2c(cc1OC)C(c1ccc([N+](=O)[O-])cc1)OCC2. The predicted molar refractivity (Wildman–Crippen MR) is 84.1 cm³/mol. The molecule has 1 atom stereocenters. The van der Waals surface area contributed by atoms with Gasteiger partial charge in [-0.1, -0.05) is 0 Å². The second-order valence-corrected chi connectivity index (χ2v) is 5.26. The third kappa shape index (κ3) is 2.85. The highest BCUT2D eigenvalue weighted by Crippen LogP contribution is 2.39. The second kappa shape index (κ2) is 6.26. The van der Waals surface area contributed by atoms with Gasteiger partial charge in [0.05, 0.1) is 25.7 Å². The van der Waals surface area contributed by atoms with Gasteiger partial charge in [-0.3, -0.25) is 10.1 Å². The topological polar surface area (TPSA) is 70.8 Å². The number of hydrogen-bond acceptors (Lipinski definition) is 5. The zero-order chi connectivity index (χ0) is 16.4. The number of non-ortho nitro benzene ring substituents is 1. The Hall–Kier alpha value is -2.60. The number of ether oxygens (including phenoxy) is 3. The Morgan fingerprint density at radius 3 is 2.39 bits per heavy atom. The first kappa shape index (κ1) is 15.3. The zero-order valence-corrected chi connectivity index (χ0v) is 12.9. The van der Waals surface area contributed by atoms with E-state index in [-0.39, 0.29) is 11.8 Å². The minimum atomic E-state index is -0.409. The molecule has 0 amide bonds. The summed E-state index contributed by atoms with van der Waals surface area (Å²) in [5, 5.41) is 10.8. The summed E-state index contributed by atoms with van der Waals surface area (Å²) in [6, 6.07) is 10.3. The molecule has 2 aromatic rings. The lowest BCUT2D eigenvalue weighted by molar-refractivity contribution is -0.384. The molecule has 2 aromatic carbocycles. The molecule has 6 nitrogen and oxygen atoms in total. The number of benzene rings is 2. The van der Waals surface area contributed by atoms with Crippen LogP contribution in [0.5, 0.6) is 11.5 Å². The molecule has 23 heavy (non-hydrogen) atoms. The first-order chi connectivity index (χ1) is 11.1. The predicted octanol–water partition coefficient (Wildman–Crippen LogP) is 3.27. The molecule has 1 aliphatic rings. The molecule has 1 aliphatic heterocycles. The average molecular weight is 315 g/mol. The number of nitro benzene ring substituents is 1. The Bertz CT molecular complexity index is 727. The lowest BCUT2D eigenvalue weighted by Gasteiger charge is -2.27. The Morgan fingerprint density at radius 2 is 1.78 bits per heavy atom. The van der Waals surface area contributed by atoms with Gasteiger partial charge in [-0.2, -0.15) is 0 Å². The van der Waals surface area contributed by atoms with Gasteiger partial charge >= 0.3 is 0 Å². The van der Waals surface area contributed by atoms with Crippen LogP contribution in [0.2, 0.25) is 0 Å². The highest BCUT2D eigenvalue weighted by atomic mass is 16.6. The number of hydrogen-bond donors (Lipinski definition) is 0. The van der Waals surface area contributed by atoms with Crippen molar-refractivity contribution in [1.29, 1.82) is 0 Å². The number of methoxy groups -OCH3 is 2. The zero-order valence-electron chi connectivity index (χ0n) is 12.9. The fourth-order valence-corrected chi connectivity index (χ4v) is 2.82. The third-order valence-electron chi connectivity index (χ3n) is 3.99. The van der Waals surface area contributed by atoms with Crippen LogP contribution in [0.25, 0.3) is 0 Å². The maximum absolute atomic E-state index is 10.8. The Kier molecular flexibility index (Phi) is 4.16. The van der Waals surface area contributed by atoms with Gasteiger partial charge in [0.2, 0.25) is 0 Å². The van der Waals surface area contributed by atoms with Crippen molar-refractivity contribution in [3.63, 3.8) is 0 Å². The van der Waals surface area contributed by atoms with Crippen LogP contribution < -0.4 is 9.47 Å². The molecule has 1 heterocycles. The van der Waals surface area contributed by atoms with E-state index in [4.69, 9.17) is 14.2 Å². The average Bonchev–Trinajstić information content (AvgIpc) is 2.60. The van der Waals surface area contributed by atoms with E-state index in [0.29, 0.717) is 18.1 Å². The van der Waals surface area contributed by atoms with Crippen molar-refractivity contribution in [1.82, 2.24) is 0 Å². The van der Waals surface area contributed by atoms with Crippen LogP contribution >= 0.6 is 0 Å². The molecular weight excluding hydrogens is 298 g/mol. The van der Waals surface area contributed by atoms with Gasteiger partial charge in [0.1, 0.15) is 6.10 Å². The molecule has 0 aliphatic carbocycles. The maximum atomic E-state index is 10.8. The smallest absolute Gasteiger partial charge is 0.269 e. The summed E-state index contributed by atoms with van der Waals surface area (Å²) in [4.78, 5) is 10.4. The minimum Gasteiger partial charge on any atom is -0.493 e. The largest absolute Gasteiger partial charge is 0.493 e. The van der Waals surface area contributed by atoms with Crippen molar-refractivity contribution in [2.75, 3.05) is 20.8 Å². The van der Waals surface area contributed by atoms with Crippen LogP contribution in [0.1, 0.15) is 22.8 Å². The van der Waals surface area contributed by atoms with Crippen LogP contribution in [0, 0.1) is 10.1 Å². The number of rotatable bonds is 4. The van der Waals surface area contributed by atoms with Gasteiger partial charge in [-0.05, 0) is 47.4 Å². The van der Waals surface area contributed by atoms with Gasteiger partial charge in [0.25, 0.3) is 5.69 Å². The van der Waals surface area contributed by atoms with Gasteiger partial charge in [0.15, 0.2) is 11.5 Å². The van der Waals surface area contributed by atoms with Crippen molar-refractivity contribution in [3.05, 3.63) is 63.2 Å². The highest BCUT2D eigenvalue weighted by molar-refractivity contribution is 5.51. The molecular formula is C17H17NO5. The van der Waals surface area contributed by atoms with E-state index >= 15 is 0 Å². The fourth-order valence-electron chi connectivity index (χ4n) is 2.82. The van der Waals surface area contributed by atoms with E-state index in [1.54, 1.807) is 26.4 Å². The summed E-state index contributed by atoms with van der Waals surface area (Å²) in [6.07, 6.45) is 0.526. The van der Waals surface area contributed by atoms with Crippen LogP contribution in [-0.4, -0.2) is 25.7 Å². The van der Waals surface area contributed by atoms with Crippen molar-refractivity contribution in [2.24, 2.45) is 0 Å². The summed E-state index contributed by atoms with van der Waals surface area (Å²) in [7, 11) is 3.20. The number of fused-ring (bicyclic) bond motifs is 1. The standard InChI is InChI=1S/C17H17NO5/c1-21-15-9-12-7-8-23-17(14(12)10-16(15)22-2)11-3-5-13(6-4-11)18(19)20/h3-6,9-10,17H,7-8H2,1-2H3. The maximum Gasteiger partial charge on any atom is 0.269 e. The third-order valence-corrected chi connectivity index (χ3v) is 3.99. The molecule has 0 fully saturated rings. The van der Waals surface area contributed by atoms with Crippen molar-refractivity contribution < 1.29 is 19.1 Å². The van der Waals surface area contributed by atoms with Gasteiger partial charge < -0.3 is 14.2 Å². The molecule has 0 saturated carbocycles. The quantitative estimate of drug-likeness (QED) is 0.639. The van der Waals surface area contributed by atoms with E-state index in [2.05, 4.69) is 0 Å². The van der Waals surface area contributed by atoms with Gasteiger partial charge in [-0.25, -0.2) is 0 Å². The lowest BCUT2D eigenvalue weighted by atomic mass is 9.92. The summed E-state index contributed by atoms with van der Waals surface area (Å²) in [6.45, 7) is 0.587. The number of nitro groups is 1. The van der Waals surface area contributed by atoms with E-state index < -0.39 is 4.92 Å². The van der Waals surface area contributed by atoms with E-state index in [9.17, 15) is 10.1 Å². The molecule has 0 spiro atoms. The summed E-state index contributed by atoms with van der Waals surface area (Å²) in [5.74, 6) is 1.33. The van der Waals surface area contributed by atoms with E-state index in [1.165, 1.54) is 12.1 Å². The van der Waals surface area contributed by atoms with Gasteiger partial charge in [0, 0.05) is 12.1 Å². The normalized spacial score (nSPS) is 16.5. The monoisotopic (exact) mass is 315 g/mol. The molecule has 3 rings (SSSR count). The first-order valence-electron chi connectivity index (χ1n) is 7.24. The van der Waals surface area contributed by atoms with Crippen LogP contribution in [0.4, 0.5) is 5.69 Å². The first-order valence-corrected chi connectivity index (χ1v) is 7.24. The van der Waals surface area contributed by atoms with Gasteiger partial charge in [-0.15, -0.1) is 0 Å². The van der Waals surface area contributed by atoms with Crippen LogP contribution in [0.15, 0.2) is 36.4 Å². The Morgan fingerprint density at radius 1 is 1.13 bits per heavy atom. The Balaban J connectivity index is 2.02. The molecule has 0 saturated heterocycles. The summed E-state index contributed by atoms with van der Waals surface area (Å²) >= 11 is 0. The summed E-state index contributed by atoms with van der Waals surface area (Å²) < 4.78 is 16.6. The highest BCUT2D eigenvalue weighted by Gasteiger charge is 2.25. The number of nitrogens with zero attached hydrogens (tertiary/aromatic N) is 1. The van der Waals surface area contributed by atoms with Crippen LogP contribution in [0.3, 0.4) is 0 Å². The lowest BCUT2D eigenvalue weighted by Crippen LogP contribution is -2.17.